The van der Waals surface area contributed by atoms with Crippen molar-refractivity contribution in [2.24, 2.45) is 0 Å². The molecule has 1 amide bonds. The quantitative estimate of drug-likeness (QED) is 0.213. The topological polar surface area (TPSA) is 150 Å². The molecule has 11 nitrogen and oxygen atoms in total. The summed E-state index contributed by atoms with van der Waals surface area (Å²) in [5, 5.41) is 26.9. The van der Waals surface area contributed by atoms with Crippen LogP contribution in [0.1, 0.15) is 28.6 Å². The Kier molecular flexibility index (Phi) is 6.97. The van der Waals surface area contributed by atoms with Gasteiger partial charge in [-0.05, 0) is 55.2 Å². The lowest BCUT2D eigenvalue weighted by molar-refractivity contribution is -0.390. The van der Waals surface area contributed by atoms with E-state index >= 15 is 0 Å². The van der Waals surface area contributed by atoms with Gasteiger partial charge < -0.3 is 29.7 Å². The van der Waals surface area contributed by atoms with Gasteiger partial charge in [-0.3, -0.25) is 0 Å². The molecular weight excluding hydrogens is 560 g/mol. The summed E-state index contributed by atoms with van der Waals surface area (Å²) < 4.78 is 12.7. The van der Waals surface area contributed by atoms with Crippen LogP contribution in [0.4, 0.5) is 10.6 Å². The van der Waals surface area contributed by atoms with Gasteiger partial charge in [-0.2, -0.15) is 4.68 Å². The Labute approximate surface area is 224 Å². The first-order chi connectivity index (χ1) is 18.3. The highest BCUT2D eigenvalue weighted by Gasteiger charge is 2.30. The number of carboxylic acid groups (broad SMARTS) is 1. The smallest absolute Gasteiger partial charge is 0.407 e. The summed E-state index contributed by atoms with van der Waals surface area (Å²) in [6.07, 6.45) is 0.474. The van der Waals surface area contributed by atoms with E-state index < -0.39 is 23.0 Å². The Morgan fingerprint density at radius 1 is 1.11 bits per heavy atom. The van der Waals surface area contributed by atoms with Crippen LogP contribution in [-0.2, 0) is 22.5 Å². The second-order valence-electron chi connectivity index (χ2n) is 8.69. The number of fused-ring (bicyclic) bond motifs is 3. The summed E-state index contributed by atoms with van der Waals surface area (Å²) in [4.78, 5) is 34.8. The Morgan fingerprint density at radius 3 is 2.34 bits per heavy atom. The normalized spacial score (nSPS) is 13.0. The first-order valence-electron chi connectivity index (χ1n) is 11.6. The molecule has 1 atom stereocenters. The first-order valence-corrected chi connectivity index (χ1v) is 12.4. The molecule has 38 heavy (non-hydrogen) atoms. The van der Waals surface area contributed by atoms with Gasteiger partial charge in [0.1, 0.15) is 35.2 Å². The van der Waals surface area contributed by atoms with Crippen LogP contribution in [-0.4, -0.2) is 44.5 Å². The summed E-state index contributed by atoms with van der Waals surface area (Å²) in [6, 6.07) is 17.7. The minimum atomic E-state index is -1.29. The van der Waals surface area contributed by atoms with Gasteiger partial charge in [0.05, 0.1) is 11.3 Å². The van der Waals surface area contributed by atoms with Crippen molar-refractivity contribution in [3.8, 4) is 11.1 Å². The maximum absolute atomic E-state index is 12.6. The molecule has 0 saturated heterocycles. The largest absolute Gasteiger partial charge is 0.480 e. The number of rotatable bonds is 9. The zero-order valence-electron chi connectivity index (χ0n) is 19.7. The fourth-order valence-corrected chi connectivity index (χ4v) is 5.01. The van der Waals surface area contributed by atoms with Crippen molar-refractivity contribution in [2.75, 3.05) is 6.61 Å². The summed E-state index contributed by atoms with van der Waals surface area (Å²) in [5.74, 6) is -0.998. The predicted octanol–water partition coefficient (Wildman–Crippen LogP) is 4.73. The lowest BCUT2D eigenvalue weighted by atomic mass is 9.98. The number of ether oxygens (including phenoxy) is 1. The number of nitro groups is 1. The van der Waals surface area contributed by atoms with Crippen molar-refractivity contribution < 1.29 is 28.8 Å². The highest BCUT2D eigenvalue weighted by Crippen LogP contribution is 2.44. The second kappa shape index (κ2) is 10.5. The third-order valence-corrected chi connectivity index (χ3v) is 6.81. The van der Waals surface area contributed by atoms with Crippen molar-refractivity contribution in [3.05, 3.63) is 104 Å². The molecule has 194 valence electrons. The molecule has 2 aromatic heterocycles. The summed E-state index contributed by atoms with van der Waals surface area (Å²) in [5.41, 5.74) is 4.28. The number of hydrogen-bond acceptors (Lipinski definition) is 7. The number of nitrogens with one attached hydrogen (secondary N) is 1. The lowest BCUT2D eigenvalue weighted by Crippen LogP contribution is -2.42. The number of aromatic nitrogens is 2. The monoisotopic (exact) mass is 580 g/mol. The number of aliphatic carboxylic acids is 1. The third kappa shape index (κ3) is 5.16. The molecule has 0 aliphatic heterocycles. The van der Waals surface area contributed by atoms with Gasteiger partial charge in [0.25, 0.3) is 0 Å². The van der Waals surface area contributed by atoms with E-state index in [1.54, 1.807) is 12.1 Å². The number of carbonyl (C=O) groups excluding carboxylic acids is 1. The Morgan fingerprint density at radius 2 is 1.74 bits per heavy atom. The third-order valence-electron chi connectivity index (χ3n) is 6.25. The number of alkyl carbamates (subject to hydrolysis) is 1. The molecule has 2 N–H and O–H groups in total. The number of hydrogen-bond donors (Lipinski definition) is 2. The molecule has 5 rings (SSSR count). The lowest BCUT2D eigenvalue weighted by Gasteiger charge is -2.17. The highest BCUT2D eigenvalue weighted by molar-refractivity contribution is 9.10. The van der Waals surface area contributed by atoms with Gasteiger partial charge >= 0.3 is 17.9 Å². The van der Waals surface area contributed by atoms with Gasteiger partial charge in [0, 0.05) is 12.3 Å². The van der Waals surface area contributed by atoms with E-state index in [0.717, 1.165) is 22.3 Å². The molecule has 0 saturated carbocycles. The average molecular weight is 581 g/mol. The van der Waals surface area contributed by atoms with Crippen LogP contribution >= 0.6 is 15.9 Å². The SMILES string of the molecule is O=C(NC(Cc1ccc(Cn2cc(Br)c([N+](=O)[O-])n2)o1)C(=O)O)OCC1c2ccccc2-c2ccccc21. The zero-order chi connectivity index (χ0) is 26.8. The molecule has 1 aliphatic carbocycles. The fourth-order valence-electron chi connectivity index (χ4n) is 4.55. The van der Waals surface area contributed by atoms with Crippen LogP contribution < -0.4 is 5.32 Å². The summed E-state index contributed by atoms with van der Waals surface area (Å²) in [6.45, 7) is 0.159. The number of nitrogens with zero attached hydrogens (tertiary/aromatic N) is 3. The van der Waals surface area contributed by atoms with Crippen LogP contribution in [0.15, 0.2) is 75.8 Å². The van der Waals surface area contributed by atoms with E-state index in [4.69, 9.17) is 9.15 Å². The molecule has 0 spiro atoms. The average Bonchev–Trinajstić information content (AvgIpc) is 3.58. The standard InChI is InChI=1S/C26H21BrN4O7/c27-22-13-30(29-24(22)31(35)36)12-16-10-9-15(38-16)11-23(25(32)33)28-26(34)37-14-21-19-7-3-1-5-17(19)18-6-2-4-8-20(18)21/h1-10,13,21,23H,11-12,14H2,(H,28,34)(H,32,33). The van der Waals surface area contributed by atoms with Crippen molar-refractivity contribution >= 4 is 33.8 Å². The molecule has 1 unspecified atom stereocenters. The van der Waals surface area contributed by atoms with Gasteiger partial charge in [-0.1, -0.05) is 48.5 Å². The van der Waals surface area contributed by atoms with Crippen molar-refractivity contribution in [2.45, 2.75) is 24.9 Å². The minimum absolute atomic E-state index is 0.0582. The van der Waals surface area contributed by atoms with Crippen molar-refractivity contribution in [3.63, 3.8) is 0 Å². The van der Waals surface area contributed by atoms with Gasteiger partial charge in [0.2, 0.25) is 0 Å². The maximum atomic E-state index is 12.6. The van der Waals surface area contributed by atoms with Crippen molar-refractivity contribution in [1.29, 1.82) is 0 Å². The minimum Gasteiger partial charge on any atom is -0.480 e. The predicted molar refractivity (Wildman–Crippen MR) is 138 cm³/mol. The maximum Gasteiger partial charge on any atom is 0.407 e. The zero-order valence-corrected chi connectivity index (χ0v) is 21.3. The van der Waals surface area contributed by atoms with E-state index in [1.807, 2.05) is 48.5 Å². The Hall–Kier alpha value is -4.45. The van der Waals surface area contributed by atoms with E-state index in [1.165, 1.54) is 10.9 Å². The highest BCUT2D eigenvalue weighted by atomic mass is 79.9. The Balaban J connectivity index is 1.20. The van der Waals surface area contributed by atoms with Crippen LogP contribution in [0.25, 0.3) is 11.1 Å². The molecule has 4 aromatic rings. The van der Waals surface area contributed by atoms with Crippen LogP contribution in [0, 0.1) is 10.1 Å². The second-order valence-corrected chi connectivity index (χ2v) is 9.54. The van der Waals surface area contributed by atoms with Crippen LogP contribution in [0.5, 0.6) is 0 Å². The number of carboxylic acids is 1. The summed E-state index contributed by atoms with van der Waals surface area (Å²) >= 11 is 3.09. The molecule has 0 radical (unpaired) electrons. The molecule has 0 fully saturated rings. The number of halogens is 1. The number of carbonyl (C=O) groups is 2. The van der Waals surface area contributed by atoms with Gasteiger partial charge in [-0.15, -0.1) is 0 Å². The van der Waals surface area contributed by atoms with E-state index in [9.17, 15) is 24.8 Å². The molecule has 1 aliphatic rings. The Bertz CT molecular complexity index is 1480. The number of benzene rings is 2. The van der Waals surface area contributed by atoms with Gasteiger partial charge in [0.15, 0.2) is 0 Å². The number of amides is 1. The van der Waals surface area contributed by atoms with E-state index in [2.05, 4.69) is 26.3 Å². The molecule has 2 heterocycles. The molecule has 0 bridgehead atoms. The van der Waals surface area contributed by atoms with Crippen LogP contribution in [0.2, 0.25) is 0 Å². The molecule has 12 heteroatoms. The van der Waals surface area contributed by atoms with Gasteiger partial charge in [-0.25, -0.2) is 9.59 Å². The van der Waals surface area contributed by atoms with Crippen molar-refractivity contribution in [1.82, 2.24) is 15.1 Å². The first kappa shape index (κ1) is 25.2. The number of furan rings is 1. The molecular formula is C26H21BrN4O7. The van der Waals surface area contributed by atoms with E-state index in [-0.39, 0.29) is 35.8 Å². The fraction of sp³-hybridized carbons (Fsp3) is 0.192. The molecule has 2 aromatic carbocycles. The van der Waals surface area contributed by atoms with E-state index in [0.29, 0.717) is 11.5 Å². The summed E-state index contributed by atoms with van der Waals surface area (Å²) in [7, 11) is 0. The van der Waals surface area contributed by atoms with Crippen LogP contribution in [0.3, 0.4) is 0 Å².